The SMILES string of the molecule is CCCCN(c1c(Cl)cc([N+](=O)[O-])cc1C(=O)O)C1CC1. The number of anilines is 1. The van der Waals surface area contributed by atoms with Crippen molar-refractivity contribution in [2.75, 3.05) is 11.4 Å². The van der Waals surface area contributed by atoms with Crippen LogP contribution in [0.5, 0.6) is 0 Å². The van der Waals surface area contributed by atoms with Crippen LogP contribution in [0.1, 0.15) is 43.0 Å². The normalized spacial score (nSPS) is 14.0. The number of halogens is 1. The number of carboxylic acid groups (broad SMARTS) is 1. The van der Waals surface area contributed by atoms with Crippen molar-refractivity contribution < 1.29 is 14.8 Å². The summed E-state index contributed by atoms with van der Waals surface area (Å²) < 4.78 is 0. The second-order valence-corrected chi connectivity index (χ2v) is 5.57. The highest BCUT2D eigenvalue weighted by Crippen LogP contribution is 2.40. The number of carbonyl (C=O) groups is 1. The third-order valence-electron chi connectivity index (χ3n) is 3.52. The number of hydrogen-bond acceptors (Lipinski definition) is 4. The van der Waals surface area contributed by atoms with Crippen molar-refractivity contribution in [3.05, 3.63) is 32.8 Å². The molecule has 114 valence electrons. The molecule has 0 bridgehead atoms. The third-order valence-corrected chi connectivity index (χ3v) is 3.80. The first kappa shape index (κ1) is 15.6. The molecular formula is C14H17ClN2O4. The van der Waals surface area contributed by atoms with Gasteiger partial charge in [-0.1, -0.05) is 24.9 Å². The summed E-state index contributed by atoms with van der Waals surface area (Å²) in [6, 6.07) is 2.60. The highest BCUT2D eigenvalue weighted by Gasteiger charge is 2.33. The van der Waals surface area contributed by atoms with E-state index in [1.54, 1.807) is 0 Å². The molecule has 0 amide bonds. The molecule has 0 unspecified atom stereocenters. The number of unbranched alkanes of at least 4 members (excludes halogenated alkanes) is 1. The van der Waals surface area contributed by atoms with Crippen LogP contribution in [0.25, 0.3) is 0 Å². The van der Waals surface area contributed by atoms with Crippen LogP contribution >= 0.6 is 11.6 Å². The molecule has 0 heterocycles. The Kier molecular flexibility index (Phi) is 4.67. The summed E-state index contributed by atoms with van der Waals surface area (Å²) in [6.45, 7) is 2.76. The van der Waals surface area contributed by atoms with Gasteiger partial charge in [-0.3, -0.25) is 10.1 Å². The van der Waals surface area contributed by atoms with Crippen molar-refractivity contribution >= 4 is 28.9 Å². The Morgan fingerprint density at radius 1 is 1.52 bits per heavy atom. The molecule has 2 rings (SSSR count). The van der Waals surface area contributed by atoms with Crippen LogP contribution in [-0.2, 0) is 0 Å². The van der Waals surface area contributed by atoms with Crippen molar-refractivity contribution in [1.29, 1.82) is 0 Å². The fraction of sp³-hybridized carbons (Fsp3) is 0.500. The van der Waals surface area contributed by atoms with Crippen LogP contribution in [-0.4, -0.2) is 28.6 Å². The zero-order valence-electron chi connectivity index (χ0n) is 11.7. The van der Waals surface area contributed by atoms with Crippen LogP contribution in [0, 0.1) is 10.1 Å². The number of hydrogen-bond donors (Lipinski definition) is 1. The molecule has 0 atom stereocenters. The van der Waals surface area contributed by atoms with Gasteiger partial charge in [-0.25, -0.2) is 4.79 Å². The molecule has 1 aromatic rings. The lowest BCUT2D eigenvalue weighted by Gasteiger charge is -2.27. The number of rotatable bonds is 7. The van der Waals surface area contributed by atoms with Gasteiger partial charge in [0.2, 0.25) is 0 Å². The number of benzene rings is 1. The molecule has 6 nitrogen and oxygen atoms in total. The standard InChI is InChI=1S/C14H17ClN2O4/c1-2-3-6-16(9-4-5-9)13-11(14(18)19)7-10(17(20)21)8-12(13)15/h7-9H,2-6H2,1H3,(H,18,19). The number of nitrogens with zero attached hydrogens (tertiary/aromatic N) is 2. The number of nitro benzene ring substituents is 1. The Hall–Kier alpha value is -1.82. The van der Waals surface area contributed by atoms with Gasteiger partial charge in [0.1, 0.15) is 0 Å². The summed E-state index contributed by atoms with van der Waals surface area (Å²) in [7, 11) is 0. The average Bonchev–Trinajstić information content (AvgIpc) is 3.24. The van der Waals surface area contributed by atoms with Crippen LogP contribution < -0.4 is 4.90 Å². The molecule has 21 heavy (non-hydrogen) atoms. The van der Waals surface area contributed by atoms with E-state index in [0.29, 0.717) is 12.2 Å². The number of aromatic carboxylic acids is 1. The van der Waals surface area contributed by atoms with Crippen molar-refractivity contribution in [3.63, 3.8) is 0 Å². The van der Waals surface area contributed by atoms with E-state index in [4.69, 9.17) is 11.6 Å². The van der Waals surface area contributed by atoms with Gasteiger partial charge in [0.05, 0.1) is 21.2 Å². The predicted molar refractivity (Wildman–Crippen MR) is 80.3 cm³/mol. The highest BCUT2D eigenvalue weighted by molar-refractivity contribution is 6.34. The van der Waals surface area contributed by atoms with Gasteiger partial charge >= 0.3 is 5.97 Å². The van der Waals surface area contributed by atoms with Gasteiger partial charge < -0.3 is 10.0 Å². The lowest BCUT2D eigenvalue weighted by Crippen LogP contribution is -2.29. The van der Waals surface area contributed by atoms with E-state index in [0.717, 1.165) is 31.7 Å². The zero-order chi connectivity index (χ0) is 15.6. The summed E-state index contributed by atoms with van der Waals surface area (Å²) in [6.07, 6.45) is 3.89. The average molecular weight is 313 g/mol. The largest absolute Gasteiger partial charge is 0.478 e. The van der Waals surface area contributed by atoms with E-state index < -0.39 is 10.9 Å². The summed E-state index contributed by atoms with van der Waals surface area (Å²) in [4.78, 5) is 23.7. The molecule has 1 N–H and O–H groups in total. The Balaban J connectivity index is 2.49. The summed E-state index contributed by atoms with van der Waals surface area (Å²) in [5, 5.41) is 20.4. The fourth-order valence-electron chi connectivity index (χ4n) is 2.34. The van der Waals surface area contributed by atoms with Gasteiger partial charge in [-0.05, 0) is 19.3 Å². The van der Waals surface area contributed by atoms with Crippen LogP contribution in [0.15, 0.2) is 12.1 Å². The highest BCUT2D eigenvalue weighted by atomic mass is 35.5. The molecule has 0 saturated heterocycles. The Bertz CT molecular complexity index is 572. The van der Waals surface area contributed by atoms with E-state index in [-0.39, 0.29) is 22.3 Å². The maximum absolute atomic E-state index is 11.5. The minimum absolute atomic E-state index is 0.0998. The maximum atomic E-state index is 11.5. The second kappa shape index (κ2) is 6.30. The zero-order valence-corrected chi connectivity index (χ0v) is 12.5. The van der Waals surface area contributed by atoms with Crippen molar-refractivity contribution in [2.24, 2.45) is 0 Å². The molecule has 1 saturated carbocycles. The molecule has 0 aliphatic heterocycles. The summed E-state index contributed by atoms with van der Waals surface area (Å²) in [5.74, 6) is -1.20. The Morgan fingerprint density at radius 3 is 2.67 bits per heavy atom. The van der Waals surface area contributed by atoms with E-state index in [2.05, 4.69) is 6.92 Å². The minimum Gasteiger partial charge on any atom is -0.478 e. The maximum Gasteiger partial charge on any atom is 0.338 e. The van der Waals surface area contributed by atoms with Gasteiger partial charge in [-0.15, -0.1) is 0 Å². The summed E-state index contributed by atoms with van der Waals surface area (Å²) >= 11 is 6.16. The van der Waals surface area contributed by atoms with Crippen LogP contribution in [0.4, 0.5) is 11.4 Å². The first-order chi connectivity index (χ1) is 9.95. The van der Waals surface area contributed by atoms with Crippen molar-refractivity contribution in [2.45, 2.75) is 38.6 Å². The van der Waals surface area contributed by atoms with Gasteiger partial charge in [-0.2, -0.15) is 0 Å². The molecule has 1 fully saturated rings. The lowest BCUT2D eigenvalue weighted by molar-refractivity contribution is -0.384. The van der Waals surface area contributed by atoms with E-state index in [1.807, 2.05) is 4.90 Å². The molecule has 1 aliphatic rings. The smallest absolute Gasteiger partial charge is 0.338 e. The van der Waals surface area contributed by atoms with Crippen molar-refractivity contribution in [3.8, 4) is 0 Å². The molecular weight excluding hydrogens is 296 g/mol. The molecule has 7 heteroatoms. The molecule has 1 aromatic carbocycles. The summed E-state index contributed by atoms with van der Waals surface area (Å²) in [5.41, 5.74) is 0.00954. The Labute approximate surface area is 127 Å². The predicted octanol–water partition coefficient (Wildman–Crippen LogP) is 3.72. The van der Waals surface area contributed by atoms with Gasteiger partial charge in [0.15, 0.2) is 0 Å². The van der Waals surface area contributed by atoms with Gasteiger partial charge in [0.25, 0.3) is 5.69 Å². The monoisotopic (exact) mass is 312 g/mol. The first-order valence-corrected chi connectivity index (χ1v) is 7.31. The van der Waals surface area contributed by atoms with Gasteiger partial charge in [0, 0.05) is 24.7 Å². The van der Waals surface area contributed by atoms with E-state index in [1.165, 1.54) is 6.07 Å². The Morgan fingerprint density at radius 2 is 2.19 bits per heavy atom. The molecule has 0 spiro atoms. The van der Waals surface area contributed by atoms with Crippen LogP contribution in [0.3, 0.4) is 0 Å². The van der Waals surface area contributed by atoms with E-state index in [9.17, 15) is 20.0 Å². The molecule has 1 aliphatic carbocycles. The topological polar surface area (TPSA) is 83.7 Å². The fourth-order valence-corrected chi connectivity index (χ4v) is 2.66. The quantitative estimate of drug-likeness (QED) is 0.613. The minimum atomic E-state index is -1.20. The van der Waals surface area contributed by atoms with Crippen LogP contribution in [0.2, 0.25) is 5.02 Å². The molecule has 0 radical (unpaired) electrons. The molecule has 0 aromatic heterocycles. The second-order valence-electron chi connectivity index (χ2n) is 5.16. The van der Waals surface area contributed by atoms with E-state index >= 15 is 0 Å². The number of carboxylic acids is 1. The number of non-ortho nitro benzene ring substituents is 1. The first-order valence-electron chi connectivity index (χ1n) is 6.93. The number of nitro groups is 1. The van der Waals surface area contributed by atoms with Crippen molar-refractivity contribution in [1.82, 2.24) is 0 Å². The third kappa shape index (κ3) is 3.44. The lowest BCUT2D eigenvalue weighted by atomic mass is 10.1.